The van der Waals surface area contributed by atoms with Crippen LogP contribution in [0.25, 0.3) is 0 Å². The van der Waals surface area contributed by atoms with Crippen LogP contribution >= 0.6 is 0 Å². The molecule has 3 heteroatoms. The number of hydrogen-bond acceptors (Lipinski definition) is 2. The molecule has 20 heavy (non-hydrogen) atoms. The number of amides is 1. The van der Waals surface area contributed by atoms with E-state index in [0.29, 0.717) is 11.8 Å². The predicted molar refractivity (Wildman–Crippen MR) is 82.3 cm³/mol. The highest BCUT2D eigenvalue weighted by molar-refractivity contribution is 5.82. The maximum Gasteiger partial charge on any atom is 0.239 e. The van der Waals surface area contributed by atoms with Gasteiger partial charge in [0.15, 0.2) is 0 Å². The van der Waals surface area contributed by atoms with Crippen molar-refractivity contribution in [2.45, 2.75) is 45.6 Å². The van der Waals surface area contributed by atoms with Gasteiger partial charge in [-0.1, -0.05) is 50.6 Å². The lowest BCUT2D eigenvalue weighted by Gasteiger charge is -2.39. The SMILES string of the molecule is CCC1(C)CCN(C(=O)C(N)Cc2ccccc2)CC1. The molecule has 0 spiro atoms. The Bertz CT molecular complexity index is 436. The van der Waals surface area contributed by atoms with Gasteiger partial charge in [-0.15, -0.1) is 0 Å². The first kappa shape index (κ1) is 15.0. The third-order valence-corrected chi connectivity index (χ3v) is 4.75. The first-order valence-electron chi connectivity index (χ1n) is 7.62. The van der Waals surface area contributed by atoms with Crippen LogP contribution in [0, 0.1) is 5.41 Å². The number of nitrogens with zero attached hydrogens (tertiary/aromatic N) is 1. The highest BCUT2D eigenvalue weighted by Gasteiger charge is 2.31. The van der Waals surface area contributed by atoms with E-state index in [1.807, 2.05) is 35.2 Å². The van der Waals surface area contributed by atoms with Gasteiger partial charge in [-0.3, -0.25) is 4.79 Å². The summed E-state index contributed by atoms with van der Waals surface area (Å²) in [5.41, 5.74) is 7.62. The zero-order valence-corrected chi connectivity index (χ0v) is 12.6. The Labute approximate surface area is 122 Å². The summed E-state index contributed by atoms with van der Waals surface area (Å²) >= 11 is 0. The largest absolute Gasteiger partial charge is 0.341 e. The van der Waals surface area contributed by atoms with Crippen LogP contribution in [0.4, 0.5) is 0 Å². The lowest BCUT2D eigenvalue weighted by molar-refractivity contribution is -0.134. The van der Waals surface area contributed by atoms with E-state index < -0.39 is 6.04 Å². The first-order chi connectivity index (χ1) is 9.54. The van der Waals surface area contributed by atoms with Crippen molar-refractivity contribution in [3.63, 3.8) is 0 Å². The highest BCUT2D eigenvalue weighted by Crippen LogP contribution is 2.34. The summed E-state index contributed by atoms with van der Waals surface area (Å²) in [6.45, 7) is 6.26. The van der Waals surface area contributed by atoms with E-state index in [1.165, 1.54) is 6.42 Å². The molecule has 3 nitrogen and oxygen atoms in total. The lowest BCUT2D eigenvalue weighted by Crippen LogP contribution is -2.49. The summed E-state index contributed by atoms with van der Waals surface area (Å²) in [7, 11) is 0. The molecule has 2 N–H and O–H groups in total. The molecule has 1 aliphatic rings. The Morgan fingerprint density at radius 2 is 1.90 bits per heavy atom. The second-order valence-corrected chi connectivity index (χ2v) is 6.29. The van der Waals surface area contributed by atoms with E-state index >= 15 is 0 Å². The van der Waals surface area contributed by atoms with Crippen molar-refractivity contribution in [3.8, 4) is 0 Å². The van der Waals surface area contributed by atoms with E-state index in [2.05, 4.69) is 13.8 Å². The lowest BCUT2D eigenvalue weighted by atomic mass is 9.78. The molecule has 1 saturated heterocycles. The van der Waals surface area contributed by atoms with Crippen molar-refractivity contribution in [1.29, 1.82) is 0 Å². The number of hydrogen-bond donors (Lipinski definition) is 1. The molecule has 0 aliphatic carbocycles. The minimum atomic E-state index is -0.414. The number of carbonyl (C=O) groups is 1. The molecule has 1 amide bonds. The fraction of sp³-hybridized carbons (Fsp3) is 0.588. The predicted octanol–water partition coefficient (Wildman–Crippen LogP) is 2.60. The first-order valence-corrected chi connectivity index (χ1v) is 7.62. The van der Waals surface area contributed by atoms with Crippen molar-refractivity contribution in [1.82, 2.24) is 4.90 Å². The van der Waals surface area contributed by atoms with E-state index in [-0.39, 0.29) is 5.91 Å². The smallest absolute Gasteiger partial charge is 0.239 e. The zero-order valence-electron chi connectivity index (χ0n) is 12.6. The van der Waals surface area contributed by atoms with Gasteiger partial charge in [0.25, 0.3) is 0 Å². The number of carbonyl (C=O) groups excluding carboxylic acids is 1. The summed E-state index contributed by atoms with van der Waals surface area (Å²) < 4.78 is 0. The molecular weight excluding hydrogens is 248 g/mol. The van der Waals surface area contributed by atoms with Gasteiger partial charge in [-0.25, -0.2) is 0 Å². The summed E-state index contributed by atoms with van der Waals surface area (Å²) in [6.07, 6.45) is 3.99. The monoisotopic (exact) mass is 274 g/mol. The Hall–Kier alpha value is -1.35. The van der Waals surface area contributed by atoms with Gasteiger partial charge in [0.05, 0.1) is 6.04 Å². The molecule has 0 aromatic heterocycles. The summed E-state index contributed by atoms with van der Waals surface area (Å²) in [5, 5.41) is 0. The van der Waals surface area contributed by atoms with Crippen molar-refractivity contribution in [3.05, 3.63) is 35.9 Å². The fourth-order valence-electron chi connectivity index (χ4n) is 2.81. The van der Waals surface area contributed by atoms with E-state index in [9.17, 15) is 4.79 Å². The van der Waals surface area contributed by atoms with Crippen LogP contribution in [0.5, 0.6) is 0 Å². The average molecular weight is 274 g/mol. The normalized spacial score (nSPS) is 19.6. The van der Waals surface area contributed by atoms with Crippen LogP contribution in [0.3, 0.4) is 0 Å². The number of likely N-dealkylation sites (tertiary alicyclic amines) is 1. The minimum Gasteiger partial charge on any atom is -0.341 e. The maximum absolute atomic E-state index is 12.4. The third kappa shape index (κ3) is 3.60. The minimum absolute atomic E-state index is 0.104. The van der Waals surface area contributed by atoms with Gasteiger partial charge in [0, 0.05) is 13.1 Å². The molecule has 1 aromatic carbocycles. The topological polar surface area (TPSA) is 46.3 Å². The maximum atomic E-state index is 12.4. The van der Waals surface area contributed by atoms with Crippen molar-refractivity contribution >= 4 is 5.91 Å². The zero-order chi connectivity index (χ0) is 14.6. The number of nitrogens with two attached hydrogens (primary N) is 1. The molecule has 0 radical (unpaired) electrons. The van der Waals surface area contributed by atoms with Crippen molar-refractivity contribution in [2.24, 2.45) is 11.1 Å². The second-order valence-electron chi connectivity index (χ2n) is 6.29. The summed E-state index contributed by atoms with van der Waals surface area (Å²) in [5.74, 6) is 0.104. The van der Waals surface area contributed by atoms with E-state index in [1.54, 1.807) is 0 Å². The van der Waals surface area contributed by atoms with Crippen LogP contribution in [0.1, 0.15) is 38.7 Å². The molecule has 1 aromatic rings. The van der Waals surface area contributed by atoms with Gasteiger partial charge in [-0.2, -0.15) is 0 Å². The Morgan fingerprint density at radius 3 is 2.45 bits per heavy atom. The van der Waals surface area contributed by atoms with Crippen molar-refractivity contribution < 1.29 is 4.79 Å². The fourth-order valence-corrected chi connectivity index (χ4v) is 2.81. The van der Waals surface area contributed by atoms with Crippen LogP contribution < -0.4 is 5.73 Å². The van der Waals surface area contributed by atoms with Gasteiger partial charge < -0.3 is 10.6 Å². The second kappa shape index (κ2) is 6.40. The van der Waals surface area contributed by atoms with E-state index in [0.717, 1.165) is 31.5 Å². The number of benzene rings is 1. The third-order valence-electron chi connectivity index (χ3n) is 4.75. The van der Waals surface area contributed by atoms with Crippen LogP contribution in [-0.4, -0.2) is 29.9 Å². The molecule has 1 fully saturated rings. The molecule has 1 atom stereocenters. The Balaban J connectivity index is 1.89. The van der Waals surface area contributed by atoms with Crippen LogP contribution in [-0.2, 0) is 11.2 Å². The molecule has 110 valence electrons. The Morgan fingerprint density at radius 1 is 1.30 bits per heavy atom. The van der Waals surface area contributed by atoms with Gasteiger partial charge >= 0.3 is 0 Å². The average Bonchev–Trinajstić information content (AvgIpc) is 2.48. The summed E-state index contributed by atoms with van der Waals surface area (Å²) in [6, 6.07) is 9.59. The van der Waals surface area contributed by atoms with E-state index in [4.69, 9.17) is 5.73 Å². The molecule has 0 bridgehead atoms. The molecule has 1 heterocycles. The standard InChI is InChI=1S/C17H26N2O/c1-3-17(2)9-11-19(12-10-17)16(20)15(18)13-14-7-5-4-6-8-14/h4-8,15H,3,9-13,18H2,1-2H3. The highest BCUT2D eigenvalue weighted by atomic mass is 16.2. The molecule has 1 unspecified atom stereocenters. The van der Waals surface area contributed by atoms with Gasteiger partial charge in [0.1, 0.15) is 0 Å². The Kier molecular flexibility index (Phi) is 4.81. The van der Waals surface area contributed by atoms with Crippen LogP contribution in [0.15, 0.2) is 30.3 Å². The van der Waals surface area contributed by atoms with Gasteiger partial charge in [0.2, 0.25) is 5.91 Å². The number of rotatable bonds is 4. The van der Waals surface area contributed by atoms with Crippen molar-refractivity contribution in [2.75, 3.05) is 13.1 Å². The molecule has 1 aliphatic heterocycles. The molecular formula is C17H26N2O. The van der Waals surface area contributed by atoms with Gasteiger partial charge in [-0.05, 0) is 30.2 Å². The quantitative estimate of drug-likeness (QED) is 0.917. The molecule has 2 rings (SSSR count). The number of piperidine rings is 1. The summed E-state index contributed by atoms with van der Waals surface area (Å²) in [4.78, 5) is 14.4. The van der Waals surface area contributed by atoms with Crippen LogP contribution in [0.2, 0.25) is 0 Å². The molecule has 0 saturated carbocycles.